The molecular formula is C14H15FN2O2. The van der Waals surface area contributed by atoms with Crippen molar-refractivity contribution in [2.75, 3.05) is 4.90 Å². The molecule has 1 N–H and O–H groups in total. The number of urea groups is 1. The highest BCUT2D eigenvalue weighted by Crippen LogP contribution is 2.36. The van der Waals surface area contributed by atoms with Gasteiger partial charge in [-0.3, -0.25) is 4.79 Å². The fraction of sp³-hybridized carbons (Fsp3) is 0.429. The number of rotatable bonds is 1. The summed E-state index contributed by atoms with van der Waals surface area (Å²) in [5.41, 5.74) is -0.367. The molecule has 19 heavy (non-hydrogen) atoms. The van der Waals surface area contributed by atoms with E-state index in [1.165, 1.54) is 18.2 Å². The van der Waals surface area contributed by atoms with Crippen LogP contribution in [0, 0.1) is 5.82 Å². The van der Waals surface area contributed by atoms with E-state index in [9.17, 15) is 14.0 Å². The van der Waals surface area contributed by atoms with Crippen molar-refractivity contribution in [2.24, 2.45) is 0 Å². The van der Waals surface area contributed by atoms with Crippen LogP contribution in [-0.4, -0.2) is 17.5 Å². The number of imide groups is 1. The number of para-hydroxylation sites is 1. The first-order valence-corrected chi connectivity index (χ1v) is 6.51. The van der Waals surface area contributed by atoms with Crippen molar-refractivity contribution in [1.29, 1.82) is 0 Å². The molecule has 3 amide bonds. The number of nitrogens with one attached hydrogen (secondary N) is 1. The molecule has 2 fully saturated rings. The summed E-state index contributed by atoms with van der Waals surface area (Å²) in [6.07, 6.45) is 3.96. The Morgan fingerprint density at radius 2 is 1.84 bits per heavy atom. The van der Waals surface area contributed by atoms with Gasteiger partial charge in [-0.25, -0.2) is 14.1 Å². The molecule has 3 rings (SSSR count). The van der Waals surface area contributed by atoms with Crippen molar-refractivity contribution >= 4 is 17.6 Å². The average molecular weight is 262 g/mol. The van der Waals surface area contributed by atoms with E-state index in [-0.39, 0.29) is 18.0 Å². The molecular weight excluding hydrogens is 247 g/mol. The van der Waals surface area contributed by atoms with E-state index in [0.717, 1.165) is 30.6 Å². The van der Waals surface area contributed by atoms with Gasteiger partial charge in [0.15, 0.2) is 0 Å². The van der Waals surface area contributed by atoms with Gasteiger partial charge in [-0.05, 0) is 25.0 Å². The van der Waals surface area contributed by atoms with Crippen molar-refractivity contribution in [1.82, 2.24) is 5.32 Å². The van der Waals surface area contributed by atoms with E-state index in [0.29, 0.717) is 0 Å². The highest BCUT2D eigenvalue weighted by Gasteiger charge is 2.45. The molecule has 1 saturated carbocycles. The molecule has 1 aromatic rings. The third-order valence-electron chi connectivity index (χ3n) is 3.97. The Balaban J connectivity index is 1.91. The lowest BCUT2D eigenvalue weighted by atomic mass is 9.90. The van der Waals surface area contributed by atoms with Crippen LogP contribution in [0.1, 0.15) is 32.1 Å². The van der Waals surface area contributed by atoms with Crippen LogP contribution in [0.5, 0.6) is 0 Å². The maximum absolute atomic E-state index is 13.7. The molecule has 1 saturated heterocycles. The van der Waals surface area contributed by atoms with E-state index in [1.54, 1.807) is 6.07 Å². The highest BCUT2D eigenvalue weighted by molar-refractivity contribution is 6.16. The second-order valence-electron chi connectivity index (χ2n) is 5.27. The smallest absolute Gasteiger partial charge is 0.329 e. The van der Waals surface area contributed by atoms with Gasteiger partial charge in [-0.1, -0.05) is 25.0 Å². The Labute approximate surface area is 110 Å². The second-order valence-corrected chi connectivity index (χ2v) is 5.27. The van der Waals surface area contributed by atoms with Gasteiger partial charge in [0.1, 0.15) is 5.82 Å². The van der Waals surface area contributed by atoms with E-state index in [1.807, 2.05) is 0 Å². The van der Waals surface area contributed by atoms with Crippen LogP contribution in [-0.2, 0) is 4.79 Å². The summed E-state index contributed by atoms with van der Waals surface area (Å²) in [5, 5.41) is 2.90. The van der Waals surface area contributed by atoms with Crippen LogP contribution in [0.2, 0.25) is 0 Å². The fourth-order valence-electron chi connectivity index (χ4n) is 3.04. The molecule has 1 aliphatic carbocycles. The van der Waals surface area contributed by atoms with Gasteiger partial charge in [0.25, 0.3) is 0 Å². The molecule has 1 spiro atoms. The minimum atomic E-state index is -0.562. The van der Waals surface area contributed by atoms with Crippen LogP contribution in [0.15, 0.2) is 24.3 Å². The molecule has 0 atom stereocenters. The number of carbonyl (C=O) groups is 2. The molecule has 0 radical (unpaired) electrons. The number of amides is 3. The van der Waals surface area contributed by atoms with E-state index >= 15 is 0 Å². The normalized spacial score (nSPS) is 21.8. The van der Waals surface area contributed by atoms with E-state index in [4.69, 9.17) is 0 Å². The Bertz CT molecular complexity index is 518. The zero-order valence-corrected chi connectivity index (χ0v) is 10.5. The number of hydrogen-bond acceptors (Lipinski definition) is 2. The minimum absolute atomic E-state index is 0.0258. The van der Waals surface area contributed by atoms with E-state index in [2.05, 4.69) is 5.32 Å². The summed E-state index contributed by atoms with van der Waals surface area (Å²) in [5.74, 6) is -0.885. The van der Waals surface area contributed by atoms with Crippen molar-refractivity contribution in [3.8, 4) is 0 Å². The summed E-state index contributed by atoms with van der Waals surface area (Å²) in [7, 11) is 0. The standard InChI is InChI=1S/C14H15FN2O2/c15-10-5-1-2-6-11(10)17-12(18)9-14(16-13(17)19)7-3-4-8-14/h1-2,5-6H,3-4,7-9H2,(H,16,19). The second kappa shape index (κ2) is 4.33. The van der Waals surface area contributed by atoms with Crippen molar-refractivity contribution in [2.45, 2.75) is 37.6 Å². The first-order valence-electron chi connectivity index (χ1n) is 6.51. The lowest BCUT2D eigenvalue weighted by Gasteiger charge is -2.38. The lowest BCUT2D eigenvalue weighted by molar-refractivity contribution is -0.120. The summed E-state index contributed by atoms with van der Waals surface area (Å²) in [6, 6.07) is 5.32. The van der Waals surface area contributed by atoms with E-state index < -0.39 is 17.4 Å². The molecule has 1 aliphatic heterocycles. The van der Waals surface area contributed by atoms with Gasteiger partial charge >= 0.3 is 6.03 Å². The number of nitrogens with zero attached hydrogens (tertiary/aromatic N) is 1. The molecule has 0 bridgehead atoms. The van der Waals surface area contributed by atoms with Gasteiger partial charge in [0.2, 0.25) is 5.91 Å². The number of benzene rings is 1. The fourth-order valence-corrected chi connectivity index (χ4v) is 3.04. The SMILES string of the molecule is O=C1CC2(CCCC2)NC(=O)N1c1ccccc1F. The number of halogens is 1. The topological polar surface area (TPSA) is 49.4 Å². The molecule has 1 aromatic carbocycles. The molecule has 4 nitrogen and oxygen atoms in total. The summed E-state index contributed by atoms with van der Waals surface area (Å²) < 4.78 is 13.7. The zero-order valence-electron chi connectivity index (χ0n) is 10.5. The molecule has 100 valence electrons. The number of anilines is 1. The average Bonchev–Trinajstić information content (AvgIpc) is 2.78. The molecule has 1 heterocycles. The molecule has 0 aromatic heterocycles. The van der Waals surface area contributed by atoms with Crippen LogP contribution in [0.25, 0.3) is 0 Å². The zero-order chi connectivity index (χ0) is 13.5. The third kappa shape index (κ3) is 1.99. The van der Waals surface area contributed by atoms with Crippen LogP contribution < -0.4 is 10.2 Å². The summed E-state index contributed by atoms with van der Waals surface area (Å²) in [6.45, 7) is 0. The Kier molecular flexibility index (Phi) is 2.77. The highest BCUT2D eigenvalue weighted by atomic mass is 19.1. The Morgan fingerprint density at radius 3 is 2.47 bits per heavy atom. The van der Waals surface area contributed by atoms with Gasteiger partial charge in [-0.15, -0.1) is 0 Å². The van der Waals surface area contributed by atoms with Crippen LogP contribution in [0.4, 0.5) is 14.9 Å². The number of carbonyl (C=O) groups excluding carboxylic acids is 2. The monoisotopic (exact) mass is 262 g/mol. The largest absolute Gasteiger partial charge is 0.331 e. The predicted octanol–water partition coefficient (Wildman–Crippen LogP) is 2.58. The number of hydrogen-bond donors (Lipinski definition) is 1. The van der Waals surface area contributed by atoms with Crippen LogP contribution in [0.3, 0.4) is 0 Å². The predicted molar refractivity (Wildman–Crippen MR) is 68.2 cm³/mol. The van der Waals surface area contributed by atoms with Crippen molar-refractivity contribution < 1.29 is 14.0 Å². The van der Waals surface area contributed by atoms with Gasteiger partial charge in [-0.2, -0.15) is 0 Å². The van der Waals surface area contributed by atoms with Gasteiger partial charge in [0, 0.05) is 0 Å². The quantitative estimate of drug-likeness (QED) is 0.845. The van der Waals surface area contributed by atoms with Crippen molar-refractivity contribution in [3.63, 3.8) is 0 Å². The Hall–Kier alpha value is -1.91. The lowest BCUT2D eigenvalue weighted by Crippen LogP contribution is -2.61. The third-order valence-corrected chi connectivity index (χ3v) is 3.97. The maximum Gasteiger partial charge on any atom is 0.329 e. The first-order chi connectivity index (χ1) is 9.11. The van der Waals surface area contributed by atoms with Crippen LogP contribution >= 0.6 is 0 Å². The molecule has 2 aliphatic rings. The summed E-state index contributed by atoms with van der Waals surface area (Å²) >= 11 is 0. The summed E-state index contributed by atoms with van der Waals surface area (Å²) in [4.78, 5) is 25.3. The first kappa shape index (κ1) is 12.1. The van der Waals surface area contributed by atoms with Gasteiger partial charge in [0.05, 0.1) is 17.6 Å². The maximum atomic E-state index is 13.7. The molecule has 0 unspecified atom stereocenters. The van der Waals surface area contributed by atoms with Crippen molar-refractivity contribution in [3.05, 3.63) is 30.1 Å². The Morgan fingerprint density at radius 1 is 1.16 bits per heavy atom. The van der Waals surface area contributed by atoms with Gasteiger partial charge < -0.3 is 5.32 Å². The molecule has 5 heteroatoms. The minimum Gasteiger partial charge on any atom is -0.331 e.